The standard InChI is InChI=1S/C11H10F2N4/c12-7-3-4-9(8(13)5-7)17-10(6-1-2-6)11(14)15-16-17/h3-6H,1-2,14H2. The summed E-state index contributed by atoms with van der Waals surface area (Å²) in [7, 11) is 0. The second-order valence-corrected chi connectivity index (χ2v) is 4.14. The molecule has 1 aromatic heterocycles. The van der Waals surface area contributed by atoms with Crippen LogP contribution in [0.15, 0.2) is 18.2 Å². The van der Waals surface area contributed by atoms with Gasteiger partial charge in [0.25, 0.3) is 0 Å². The average molecular weight is 236 g/mol. The lowest BCUT2D eigenvalue weighted by atomic mass is 10.2. The van der Waals surface area contributed by atoms with Gasteiger partial charge < -0.3 is 5.73 Å². The van der Waals surface area contributed by atoms with E-state index in [1.54, 1.807) is 0 Å². The molecule has 1 aliphatic rings. The van der Waals surface area contributed by atoms with E-state index in [0.29, 0.717) is 5.82 Å². The van der Waals surface area contributed by atoms with E-state index in [1.807, 2.05) is 0 Å². The van der Waals surface area contributed by atoms with Crippen LogP contribution in [0.5, 0.6) is 0 Å². The van der Waals surface area contributed by atoms with Crippen LogP contribution in [0, 0.1) is 11.6 Å². The molecule has 1 fully saturated rings. The Morgan fingerprint density at radius 3 is 2.71 bits per heavy atom. The molecule has 0 saturated heterocycles. The van der Waals surface area contributed by atoms with Gasteiger partial charge in [0, 0.05) is 12.0 Å². The summed E-state index contributed by atoms with van der Waals surface area (Å²) >= 11 is 0. The minimum Gasteiger partial charge on any atom is -0.381 e. The fourth-order valence-electron chi connectivity index (χ4n) is 1.87. The molecule has 0 bridgehead atoms. The average Bonchev–Trinajstić information content (AvgIpc) is 3.03. The van der Waals surface area contributed by atoms with Crippen LogP contribution in [0.4, 0.5) is 14.6 Å². The lowest BCUT2D eigenvalue weighted by molar-refractivity contribution is 0.569. The Balaban J connectivity index is 2.14. The van der Waals surface area contributed by atoms with Gasteiger partial charge in [-0.3, -0.25) is 0 Å². The monoisotopic (exact) mass is 236 g/mol. The Bertz CT molecular complexity index is 575. The van der Waals surface area contributed by atoms with Crippen LogP contribution in [0.2, 0.25) is 0 Å². The molecule has 0 aliphatic heterocycles. The van der Waals surface area contributed by atoms with Gasteiger partial charge in [-0.25, -0.2) is 13.5 Å². The minimum atomic E-state index is -0.670. The number of nitrogens with two attached hydrogens (primary N) is 1. The topological polar surface area (TPSA) is 56.7 Å². The van der Waals surface area contributed by atoms with Gasteiger partial charge in [-0.1, -0.05) is 5.21 Å². The van der Waals surface area contributed by atoms with Crippen molar-refractivity contribution in [2.75, 3.05) is 5.73 Å². The third-order valence-electron chi connectivity index (χ3n) is 2.83. The quantitative estimate of drug-likeness (QED) is 0.867. The molecule has 1 saturated carbocycles. The predicted octanol–water partition coefficient (Wildman–Crippen LogP) is 2.01. The van der Waals surface area contributed by atoms with Crippen molar-refractivity contribution in [3.63, 3.8) is 0 Å². The lowest BCUT2D eigenvalue weighted by Gasteiger charge is -2.06. The highest BCUT2D eigenvalue weighted by Crippen LogP contribution is 2.42. The molecular weight excluding hydrogens is 226 g/mol. The van der Waals surface area contributed by atoms with Gasteiger partial charge in [0.2, 0.25) is 0 Å². The number of aromatic nitrogens is 3. The van der Waals surface area contributed by atoms with Crippen LogP contribution in [-0.4, -0.2) is 15.0 Å². The molecule has 88 valence electrons. The van der Waals surface area contributed by atoms with Crippen molar-refractivity contribution in [3.8, 4) is 5.69 Å². The summed E-state index contributed by atoms with van der Waals surface area (Å²) in [5.41, 5.74) is 6.60. The van der Waals surface area contributed by atoms with Crippen LogP contribution < -0.4 is 5.73 Å². The first-order valence-corrected chi connectivity index (χ1v) is 5.33. The van der Waals surface area contributed by atoms with Crippen molar-refractivity contribution in [3.05, 3.63) is 35.5 Å². The largest absolute Gasteiger partial charge is 0.381 e. The number of hydrogen-bond acceptors (Lipinski definition) is 3. The number of nitrogen functional groups attached to an aromatic ring is 1. The molecular formula is C11H10F2N4. The van der Waals surface area contributed by atoms with E-state index in [1.165, 1.54) is 16.8 Å². The van der Waals surface area contributed by atoms with Crippen molar-refractivity contribution in [2.24, 2.45) is 0 Å². The fourth-order valence-corrected chi connectivity index (χ4v) is 1.87. The Morgan fingerprint density at radius 2 is 2.06 bits per heavy atom. The Kier molecular flexibility index (Phi) is 2.10. The van der Waals surface area contributed by atoms with Gasteiger partial charge in [-0.2, -0.15) is 0 Å². The van der Waals surface area contributed by atoms with Crippen LogP contribution in [-0.2, 0) is 0 Å². The Hall–Kier alpha value is -1.98. The molecule has 2 N–H and O–H groups in total. The van der Waals surface area contributed by atoms with Crippen molar-refractivity contribution in [1.82, 2.24) is 15.0 Å². The summed E-state index contributed by atoms with van der Waals surface area (Å²) in [5, 5.41) is 7.57. The summed E-state index contributed by atoms with van der Waals surface area (Å²) < 4.78 is 27.8. The van der Waals surface area contributed by atoms with Gasteiger partial charge in [-0.15, -0.1) is 5.10 Å². The predicted molar refractivity (Wildman–Crippen MR) is 57.7 cm³/mol. The number of halogens is 2. The summed E-state index contributed by atoms with van der Waals surface area (Å²) in [6, 6.07) is 3.35. The first-order chi connectivity index (χ1) is 8.16. The molecule has 1 aliphatic carbocycles. The highest BCUT2D eigenvalue weighted by atomic mass is 19.1. The third kappa shape index (κ3) is 1.65. The zero-order chi connectivity index (χ0) is 12.0. The number of anilines is 1. The van der Waals surface area contributed by atoms with E-state index < -0.39 is 11.6 Å². The molecule has 1 heterocycles. The smallest absolute Gasteiger partial charge is 0.169 e. The number of nitrogens with zero attached hydrogens (tertiary/aromatic N) is 3. The van der Waals surface area contributed by atoms with Gasteiger partial charge in [0.1, 0.15) is 11.5 Å². The van der Waals surface area contributed by atoms with Crippen molar-refractivity contribution < 1.29 is 8.78 Å². The van der Waals surface area contributed by atoms with E-state index >= 15 is 0 Å². The number of benzene rings is 1. The number of hydrogen-bond donors (Lipinski definition) is 1. The van der Waals surface area contributed by atoms with Gasteiger partial charge in [-0.05, 0) is 25.0 Å². The van der Waals surface area contributed by atoms with Crippen molar-refractivity contribution in [1.29, 1.82) is 0 Å². The molecule has 6 heteroatoms. The normalized spacial score (nSPS) is 15.2. The molecule has 0 radical (unpaired) electrons. The maximum Gasteiger partial charge on any atom is 0.169 e. The fraction of sp³-hybridized carbons (Fsp3) is 0.273. The summed E-state index contributed by atoms with van der Waals surface area (Å²) in [6.07, 6.45) is 2.00. The number of rotatable bonds is 2. The maximum absolute atomic E-state index is 13.6. The van der Waals surface area contributed by atoms with E-state index in [9.17, 15) is 8.78 Å². The molecule has 17 heavy (non-hydrogen) atoms. The molecule has 0 unspecified atom stereocenters. The van der Waals surface area contributed by atoms with E-state index in [-0.39, 0.29) is 11.6 Å². The van der Waals surface area contributed by atoms with E-state index in [4.69, 9.17) is 5.73 Å². The first-order valence-electron chi connectivity index (χ1n) is 5.33. The minimum absolute atomic E-state index is 0.178. The highest BCUT2D eigenvalue weighted by molar-refractivity contribution is 5.45. The van der Waals surface area contributed by atoms with Gasteiger partial charge >= 0.3 is 0 Å². The Labute approximate surface area is 96.0 Å². The molecule has 1 aromatic carbocycles. The van der Waals surface area contributed by atoms with E-state index in [0.717, 1.165) is 24.6 Å². The van der Waals surface area contributed by atoms with Crippen molar-refractivity contribution >= 4 is 5.82 Å². The summed E-state index contributed by atoms with van der Waals surface area (Å²) in [6.45, 7) is 0. The molecule has 3 rings (SSSR count). The zero-order valence-corrected chi connectivity index (χ0v) is 8.90. The zero-order valence-electron chi connectivity index (χ0n) is 8.90. The molecule has 0 atom stereocenters. The Morgan fingerprint density at radius 1 is 1.29 bits per heavy atom. The molecule has 0 spiro atoms. The summed E-state index contributed by atoms with van der Waals surface area (Å²) in [4.78, 5) is 0. The third-order valence-corrected chi connectivity index (χ3v) is 2.83. The molecule has 2 aromatic rings. The second-order valence-electron chi connectivity index (χ2n) is 4.14. The van der Waals surface area contributed by atoms with Crippen LogP contribution >= 0.6 is 0 Å². The van der Waals surface area contributed by atoms with Gasteiger partial charge in [0.15, 0.2) is 11.6 Å². The van der Waals surface area contributed by atoms with Crippen molar-refractivity contribution in [2.45, 2.75) is 18.8 Å². The maximum atomic E-state index is 13.6. The van der Waals surface area contributed by atoms with Crippen LogP contribution in [0.25, 0.3) is 5.69 Å². The first kappa shape index (κ1) is 10.2. The SMILES string of the molecule is Nc1nnn(-c2ccc(F)cc2F)c1C1CC1. The second kappa shape index (κ2) is 3.51. The van der Waals surface area contributed by atoms with Crippen LogP contribution in [0.3, 0.4) is 0 Å². The summed E-state index contributed by atoms with van der Waals surface area (Å²) in [5.74, 6) is -0.685. The highest BCUT2D eigenvalue weighted by Gasteiger charge is 2.31. The lowest BCUT2D eigenvalue weighted by Crippen LogP contribution is -2.05. The van der Waals surface area contributed by atoms with Gasteiger partial charge in [0.05, 0.1) is 5.69 Å². The molecule has 4 nitrogen and oxygen atoms in total. The molecule has 0 amide bonds. The van der Waals surface area contributed by atoms with E-state index in [2.05, 4.69) is 10.3 Å². The van der Waals surface area contributed by atoms with Crippen LogP contribution in [0.1, 0.15) is 24.5 Å².